The number of carbonyl (C=O) groups is 1. The summed E-state index contributed by atoms with van der Waals surface area (Å²) in [5, 5.41) is 20.8. The van der Waals surface area contributed by atoms with Gasteiger partial charge in [-0.05, 0) is 36.7 Å². The highest BCUT2D eigenvalue weighted by atomic mass is 16.3. The molecule has 0 aliphatic heterocycles. The molecule has 0 saturated heterocycles. The highest BCUT2D eigenvalue weighted by molar-refractivity contribution is 5.82. The number of carbonyl (C=O) groups excluding carboxylic acids is 1. The zero-order valence-electron chi connectivity index (χ0n) is 13.7. The minimum absolute atomic E-state index is 0.0118. The van der Waals surface area contributed by atoms with Crippen molar-refractivity contribution in [1.29, 1.82) is 0 Å². The number of aliphatic hydroxyl groups excluding tert-OH is 2. The largest absolute Gasteiger partial charge is 0.392 e. The average molecular weight is 304 g/mol. The summed E-state index contributed by atoms with van der Waals surface area (Å²) in [6.45, 7) is 4.19. The first-order chi connectivity index (χ1) is 10.4. The van der Waals surface area contributed by atoms with E-state index in [0.29, 0.717) is 19.3 Å². The molecule has 22 heavy (non-hydrogen) atoms. The Labute approximate surface area is 133 Å². The molecule has 2 rings (SSSR count). The highest BCUT2D eigenvalue weighted by Gasteiger charge is 2.37. The minimum atomic E-state index is -0.767. The van der Waals surface area contributed by atoms with Crippen molar-refractivity contribution in [3.8, 4) is 0 Å². The van der Waals surface area contributed by atoms with Gasteiger partial charge in [0.15, 0.2) is 0 Å². The first-order valence-corrected chi connectivity index (χ1v) is 8.32. The summed E-state index contributed by atoms with van der Waals surface area (Å²) in [6.07, 6.45) is 2.65. The molecular formula is C19H28O3. The van der Waals surface area contributed by atoms with E-state index in [1.54, 1.807) is 0 Å². The number of aliphatic hydroxyl groups is 2. The van der Waals surface area contributed by atoms with Gasteiger partial charge in [0.1, 0.15) is 5.78 Å². The number of Topliss-reactive ketones (excluding diaryl/α,β-unsaturated/α-hetero) is 1. The molecule has 3 nitrogen and oxygen atoms in total. The maximum atomic E-state index is 12.5. The van der Waals surface area contributed by atoms with Crippen LogP contribution in [0.25, 0.3) is 0 Å². The van der Waals surface area contributed by atoms with Crippen LogP contribution < -0.4 is 0 Å². The molecule has 1 aliphatic carbocycles. The SMILES string of the molecule is CC1(C)CCC[C@H](O)[C@@H]([C@@H](O)CCc2ccccc2)C(=O)C1. The topological polar surface area (TPSA) is 57.5 Å². The second-order valence-electron chi connectivity index (χ2n) is 7.38. The fourth-order valence-corrected chi connectivity index (χ4v) is 3.47. The molecule has 0 unspecified atom stereocenters. The van der Waals surface area contributed by atoms with Gasteiger partial charge in [0.25, 0.3) is 0 Å². The summed E-state index contributed by atoms with van der Waals surface area (Å²) in [6, 6.07) is 9.95. The van der Waals surface area contributed by atoms with Gasteiger partial charge in [-0.25, -0.2) is 0 Å². The number of ketones is 1. The number of aryl methyl sites for hydroxylation is 1. The fraction of sp³-hybridized carbons (Fsp3) is 0.632. The van der Waals surface area contributed by atoms with Crippen LogP contribution in [0.4, 0.5) is 0 Å². The van der Waals surface area contributed by atoms with Crippen LogP contribution in [0, 0.1) is 11.3 Å². The van der Waals surface area contributed by atoms with Crippen molar-refractivity contribution in [2.75, 3.05) is 0 Å². The molecule has 122 valence electrons. The molecule has 2 N–H and O–H groups in total. The van der Waals surface area contributed by atoms with Crippen molar-refractivity contribution < 1.29 is 15.0 Å². The Morgan fingerprint density at radius 3 is 2.64 bits per heavy atom. The summed E-state index contributed by atoms with van der Waals surface area (Å²) in [7, 11) is 0. The Hall–Kier alpha value is -1.19. The third-order valence-electron chi connectivity index (χ3n) is 4.78. The minimum Gasteiger partial charge on any atom is -0.392 e. The van der Waals surface area contributed by atoms with Gasteiger partial charge in [-0.15, -0.1) is 0 Å². The van der Waals surface area contributed by atoms with Crippen LogP contribution in [0.1, 0.15) is 51.5 Å². The van der Waals surface area contributed by atoms with Gasteiger partial charge >= 0.3 is 0 Å². The number of hydrogen-bond acceptors (Lipinski definition) is 3. The second kappa shape index (κ2) is 7.38. The quantitative estimate of drug-likeness (QED) is 0.898. The molecule has 1 aromatic carbocycles. The maximum absolute atomic E-state index is 12.5. The average Bonchev–Trinajstić information content (AvgIpc) is 2.44. The van der Waals surface area contributed by atoms with Crippen LogP contribution in [0.2, 0.25) is 0 Å². The molecule has 3 atom stereocenters. The first kappa shape index (κ1) is 17.2. The van der Waals surface area contributed by atoms with E-state index < -0.39 is 18.1 Å². The van der Waals surface area contributed by atoms with E-state index in [2.05, 4.69) is 13.8 Å². The van der Waals surface area contributed by atoms with E-state index in [1.165, 1.54) is 0 Å². The molecule has 1 aromatic rings. The molecule has 0 radical (unpaired) electrons. The normalized spacial score (nSPS) is 27.0. The summed E-state index contributed by atoms with van der Waals surface area (Å²) >= 11 is 0. The second-order valence-corrected chi connectivity index (χ2v) is 7.38. The Morgan fingerprint density at radius 2 is 1.95 bits per heavy atom. The number of benzene rings is 1. The van der Waals surface area contributed by atoms with Crippen molar-refractivity contribution in [1.82, 2.24) is 0 Å². The molecule has 3 heteroatoms. The van der Waals surface area contributed by atoms with Crippen molar-refractivity contribution >= 4 is 5.78 Å². The van der Waals surface area contributed by atoms with Gasteiger partial charge in [-0.1, -0.05) is 50.6 Å². The maximum Gasteiger partial charge on any atom is 0.141 e. The Morgan fingerprint density at radius 1 is 1.27 bits per heavy atom. The molecule has 0 heterocycles. The fourth-order valence-electron chi connectivity index (χ4n) is 3.47. The summed E-state index contributed by atoms with van der Waals surface area (Å²) < 4.78 is 0. The van der Waals surface area contributed by atoms with Crippen LogP contribution in [0.15, 0.2) is 30.3 Å². The molecule has 0 bridgehead atoms. The van der Waals surface area contributed by atoms with Gasteiger partial charge in [0.05, 0.1) is 18.1 Å². The summed E-state index contributed by atoms with van der Waals surface area (Å²) in [5.74, 6) is -0.624. The molecule has 1 saturated carbocycles. The van der Waals surface area contributed by atoms with E-state index in [4.69, 9.17) is 0 Å². The summed E-state index contributed by atoms with van der Waals surface area (Å²) in [4.78, 5) is 12.5. The first-order valence-electron chi connectivity index (χ1n) is 8.32. The predicted molar refractivity (Wildman–Crippen MR) is 87.5 cm³/mol. The van der Waals surface area contributed by atoms with Gasteiger partial charge in [0, 0.05) is 6.42 Å². The van der Waals surface area contributed by atoms with Crippen molar-refractivity contribution in [3.63, 3.8) is 0 Å². The molecule has 0 aromatic heterocycles. The van der Waals surface area contributed by atoms with Crippen LogP contribution in [-0.2, 0) is 11.2 Å². The molecular weight excluding hydrogens is 276 g/mol. The Bertz CT molecular complexity index is 481. The zero-order chi connectivity index (χ0) is 16.2. The molecule has 0 amide bonds. The smallest absolute Gasteiger partial charge is 0.141 e. The predicted octanol–water partition coefficient (Wildman–Crippen LogP) is 3.13. The van der Waals surface area contributed by atoms with Crippen LogP contribution >= 0.6 is 0 Å². The Kier molecular flexibility index (Phi) is 5.76. The molecule has 0 spiro atoms. The van der Waals surface area contributed by atoms with E-state index in [9.17, 15) is 15.0 Å². The monoisotopic (exact) mass is 304 g/mol. The molecule has 1 fully saturated rings. The number of rotatable bonds is 4. The van der Waals surface area contributed by atoms with E-state index >= 15 is 0 Å². The third-order valence-corrected chi connectivity index (χ3v) is 4.78. The van der Waals surface area contributed by atoms with E-state index in [1.807, 2.05) is 30.3 Å². The summed E-state index contributed by atoms with van der Waals surface area (Å²) in [5.41, 5.74) is 1.11. The highest BCUT2D eigenvalue weighted by Crippen LogP contribution is 2.35. The van der Waals surface area contributed by atoms with E-state index in [-0.39, 0.29) is 11.2 Å². The van der Waals surface area contributed by atoms with E-state index in [0.717, 1.165) is 24.8 Å². The zero-order valence-corrected chi connectivity index (χ0v) is 13.7. The lowest BCUT2D eigenvalue weighted by atomic mass is 9.73. The number of hydrogen-bond donors (Lipinski definition) is 2. The molecule has 1 aliphatic rings. The van der Waals surface area contributed by atoms with Crippen LogP contribution in [0.5, 0.6) is 0 Å². The lowest BCUT2D eigenvalue weighted by Crippen LogP contribution is -2.41. The van der Waals surface area contributed by atoms with Gasteiger partial charge in [0.2, 0.25) is 0 Å². The van der Waals surface area contributed by atoms with Crippen LogP contribution in [0.3, 0.4) is 0 Å². The van der Waals surface area contributed by atoms with Gasteiger partial charge < -0.3 is 10.2 Å². The lowest BCUT2D eigenvalue weighted by molar-refractivity contribution is -0.135. The standard InChI is InChI=1S/C19H28O3/c1-19(2)12-6-9-15(20)18(17(22)13-19)16(21)11-10-14-7-4-3-5-8-14/h3-5,7-8,15-16,18,20-21H,6,9-13H2,1-2H3/t15-,16-,18-/m0/s1. The third kappa shape index (κ3) is 4.65. The van der Waals surface area contributed by atoms with Crippen LogP contribution in [-0.4, -0.2) is 28.2 Å². The van der Waals surface area contributed by atoms with Crippen molar-refractivity contribution in [3.05, 3.63) is 35.9 Å². The van der Waals surface area contributed by atoms with Gasteiger partial charge in [-0.3, -0.25) is 4.79 Å². The Balaban J connectivity index is 2.01. The van der Waals surface area contributed by atoms with Gasteiger partial charge in [-0.2, -0.15) is 0 Å². The van der Waals surface area contributed by atoms with Crippen molar-refractivity contribution in [2.45, 2.75) is 64.6 Å². The van der Waals surface area contributed by atoms with Crippen molar-refractivity contribution in [2.24, 2.45) is 11.3 Å². The lowest BCUT2D eigenvalue weighted by Gasteiger charge is -2.34.